The second kappa shape index (κ2) is 8.31. The number of nitriles is 1. The molecule has 6 nitrogen and oxygen atoms in total. The third-order valence-electron chi connectivity index (χ3n) is 7.66. The molecule has 8 heteroatoms. The molecule has 0 radical (unpaired) electrons. The van der Waals surface area contributed by atoms with Gasteiger partial charge < -0.3 is 10.2 Å². The van der Waals surface area contributed by atoms with Crippen molar-refractivity contribution in [3.05, 3.63) is 0 Å². The zero-order valence-corrected chi connectivity index (χ0v) is 18.5. The highest BCUT2D eigenvalue weighted by atomic mass is 19.3. The smallest absolute Gasteiger partial charge is 0.317 e. The van der Waals surface area contributed by atoms with Crippen molar-refractivity contribution in [2.24, 2.45) is 10.8 Å². The van der Waals surface area contributed by atoms with Gasteiger partial charge in [0.05, 0.1) is 17.5 Å². The normalized spacial score (nSPS) is 25.4. The Morgan fingerprint density at radius 1 is 1.19 bits per heavy atom. The summed E-state index contributed by atoms with van der Waals surface area (Å²) in [6, 6.07) is 1.24. The highest BCUT2D eigenvalue weighted by Crippen LogP contribution is 2.49. The highest BCUT2D eigenvalue weighted by molar-refractivity contribution is 5.89. The number of ketones is 1. The lowest BCUT2D eigenvalue weighted by atomic mass is 9.72. The van der Waals surface area contributed by atoms with Crippen molar-refractivity contribution in [1.29, 1.82) is 5.26 Å². The van der Waals surface area contributed by atoms with Crippen LogP contribution in [0.1, 0.15) is 71.1 Å². The maximum absolute atomic E-state index is 14.3. The molecule has 1 N–H and O–H groups in total. The predicted molar refractivity (Wildman–Crippen MR) is 112 cm³/mol. The number of alkyl halides is 2. The van der Waals surface area contributed by atoms with Gasteiger partial charge in [0.25, 0.3) is 5.92 Å². The van der Waals surface area contributed by atoms with Crippen molar-refractivity contribution in [2.45, 2.75) is 89.1 Å². The third kappa shape index (κ3) is 5.19. The van der Waals surface area contributed by atoms with Gasteiger partial charge in [-0.25, -0.2) is 13.6 Å². The molecule has 172 valence electrons. The number of urea groups is 1. The molecule has 2 aliphatic carbocycles. The molecule has 2 saturated carbocycles. The van der Waals surface area contributed by atoms with E-state index in [4.69, 9.17) is 0 Å². The Hall–Kier alpha value is -1.75. The Labute approximate surface area is 183 Å². The van der Waals surface area contributed by atoms with E-state index in [1.807, 2.05) is 0 Å². The lowest BCUT2D eigenvalue weighted by molar-refractivity contribution is -0.124. The van der Waals surface area contributed by atoms with Crippen molar-refractivity contribution in [2.75, 3.05) is 26.2 Å². The van der Waals surface area contributed by atoms with E-state index in [-0.39, 0.29) is 12.8 Å². The van der Waals surface area contributed by atoms with Crippen LogP contribution in [0, 0.1) is 22.2 Å². The van der Waals surface area contributed by atoms with Gasteiger partial charge in [-0.2, -0.15) is 5.26 Å². The second-order valence-corrected chi connectivity index (χ2v) is 10.5. The quantitative estimate of drug-likeness (QED) is 0.598. The van der Waals surface area contributed by atoms with Crippen LogP contribution >= 0.6 is 0 Å². The topological polar surface area (TPSA) is 76.4 Å². The van der Waals surface area contributed by atoms with E-state index in [0.717, 1.165) is 32.0 Å². The minimum absolute atomic E-state index is 0.0588. The number of hydrogen-bond donors (Lipinski definition) is 1. The molecule has 0 aromatic heterocycles. The van der Waals surface area contributed by atoms with Crippen LogP contribution < -0.4 is 5.32 Å². The van der Waals surface area contributed by atoms with Crippen LogP contribution in [0.5, 0.6) is 0 Å². The van der Waals surface area contributed by atoms with E-state index in [1.54, 1.807) is 11.8 Å². The number of carbonyl (C=O) groups is 2. The molecule has 4 fully saturated rings. The maximum atomic E-state index is 14.3. The number of halogens is 2. The fourth-order valence-electron chi connectivity index (χ4n) is 5.20. The minimum Gasteiger partial charge on any atom is -0.328 e. The molecular formula is C23H34F2N4O2. The number of nitrogens with one attached hydrogen (secondary N) is 1. The zero-order chi connectivity index (χ0) is 22.3. The monoisotopic (exact) mass is 436 g/mol. The largest absolute Gasteiger partial charge is 0.328 e. The number of amides is 2. The molecule has 2 saturated heterocycles. The van der Waals surface area contributed by atoms with E-state index in [0.29, 0.717) is 37.8 Å². The average Bonchev–Trinajstić information content (AvgIpc) is 3.61. The molecule has 4 aliphatic rings. The average molecular weight is 437 g/mol. The van der Waals surface area contributed by atoms with Crippen LogP contribution in [0.15, 0.2) is 0 Å². The molecule has 0 aromatic carbocycles. The van der Waals surface area contributed by atoms with Gasteiger partial charge in [-0.1, -0.05) is 13.3 Å². The number of piperidine rings is 1. The summed E-state index contributed by atoms with van der Waals surface area (Å²) in [5.41, 5.74) is -0.414. The maximum Gasteiger partial charge on any atom is 0.317 e. The molecule has 0 unspecified atom stereocenters. The van der Waals surface area contributed by atoms with Crippen LogP contribution in [0.4, 0.5) is 13.6 Å². The number of hydrogen-bond acceptors (Lipinski definition) is 4. The molecule has 4 rings (SSSR count). The SMILES string of the molecule is CCCC(F)(F)C[C@H](NC(=O)N1CCC2(CC1)CN(C1CC1)C2)C(=O)CC1(C#N)CC1. The van der Waals surface area contributed by atoms with Crippen LogP contribution in [-0.2, 0) is 4.79 Å². The van der Waals surface area contributed by atoms with Gasteiger partial charge in [0.2, 0.25) is 0 Å². The number of carbonyl (C=O) groups excluding carboxylic acids is 2. The number of rotatable bonds is 9. The van der Waals surface area contributed by atoms with Gasteiger partial charge in [-0.3, -0.25) is 9.69 Å². The first-order valence-corrected chi connectivity index (χ1v) is 11.8. The predicted octanol–water partition coefficient (Wildman–Crippen LogP) is 3.71. The first-order valence-electron chi connectivity index (χ1n) is 11.8. The summed E-state index contributed by atoms with van der Waals surface area (Å²) in [5.74, 6) is -3.47. The lowest BCUT2D eigenvalue weighted by Crippen LogP contribution is -2.62. The molecular weight excluding hydrogens is 402 g/mol. The van der Waals surface area contributed by atoms with Crippen molar-refractivity contribution < 1.29 is 18.4 Å². The summed E-state index contributed by atoms with van der Waals surface area (Å²) >= 11 is 0. The van der Waals surface area contributed by atoms with Gasteiger partial charge in [-0.15, -0.1) is 0 Å². The summed E-state index contributed by atoms with van der Waals surface area (Å²) in [4.78, 5) is 29.8. The molecule has 2 amide bonds. The summed E-state index contributed by atoms with van der Waals surface area (Å²) in [6.07, 6.45) is 4.91. The lowest BCUT2D eigenvalue weighted by Gasteiger charge is -2.54. The molecule has 0 aromatic rings. The van der Waals surface area contributed by atoms with E-state index < -0.39 is 35.6 Å². The second-order valence-electron chi connectivity index (χ2n) is 10.5. The van der Waals surface area contributed by atoms with Gasteiger partial charge in [0, 0.05) is 51.5 Å². The standard InChI is InChI=1S/C23H34F2N4O2/c1-2-5-23(24,25)12-18(19(30)13-21(14-26)6-7-21)27-20(31)28-10-8-22(9-11-28)15-29(16-22)17-3-4-17/h17-18H,2-13,15-16H2,1H3,(H,27,31)/t18-/m0/s1. The van der Waals surface area contributed by atoms with Crippen molar-refractivity contribution >= 4 is 11.8 Å². The Bertz CT molecular complexity index is 741. The minimum atomic E-state index is -3.02. The fraction of sp³-hybridized carbons (Fsp3) is 0.870. The van der Waals surface area contributed by atoms with E-state index >= 15 is 0 Å². The summed E-state index contributed by atoms with van der Waals surface area (Å²) in [6.45, 7) is 5.07. The fourth-order valence-corrected chi connectivity index (χ4v) is 5.20. The Balaban J connectivity index is 1.32. The molecule has 0 bridgehead atoms. The van der Waals surface area contributed by atoms with Gasteiger partial charge >= 0.3 is 6.03 Å². The number of nitrogens with zero attached hydrogens (tertiary/aromatic N) is 3. The van der Waals surface area contributed by atoms with E-state index in [1.165, 1.54) is 12.8 Å². The van der Waals surface area contributed by atoms with Crippen LogP contribution in [0.25, 0.3) is 0 Å². The van der Waals surface area contributed by atoms with Crippen LogP contribution in [0.3, 0.4) is 0 Å². The van der Waals surface area contributed by atoms with Crippen molar-refractivity contribution in [1.82, 2.24) is 15.1 Å². The Morgan fingerprint density at radius 3 is 2.35 bits per heavy atom. The van der Waals surface area contributed by atoms with Crippen LogP contribution in [0.2, 0.25) is 0 Å². The van der Waals surface area contributed by atoms with Gasteiger partial charge in [0.15, 0.2) is 5.78 Å². The van der Waals surface area contributed by atoms with Crippen molar-refractivity contribution in [3.8, 4) is 6.07 Å². The van der Waals surface area contributed by atoms with Gasteiger partial charge in [0.1, 0.15) is 0 Å². The summed E-state index contributed by atoms with van der Waals surface area (Å²) < 4.78 is 28.7. The molecule has 2 heterocycles. The Kier molecular flexibility index (Phi) is 6.01. The zero-order valence-electron chi connectivity index (χ0n) is 18.5. The van der Waals surface area contributed by atoms with Gasteiger partial charge in [-0.05, 0) is 43.9 Å². The molecule has 1 atom stereocenters. The summed E-state index contributed by atoms with van der Waals surface area (Å²) in [7, 11) is 0. The van der Waals surface area contributed by atoms with Crippen molar-refractivity contribution in [3.63, 3.8) is 0 Å². The first kappa shape index (κ1) is 22.4. The van der Waals surface area contributed by atoms with E-state index in [9.17, 15) is 23.6 Å². The first-order chi connectivity index (χ1) is 14.7. The molecule has 1 spiro atoms. The molecule has 2 aliphatic heterocycles. The molecule has 31 heavy (non-hydrogen) atoms. The van der Waals surface area contributed by atoms with Crippen LogP contribution in [-0.4, -0.2) is 65.8 Å². The van der Waals surface area contributed by atoms with E-state index in [2.05, 4.69) is 16.3 Å². The highest BCUT2D eigenvalue weighted by Gasteiger charge is 2.50. The Morgan fingerprint density at radius 2 is 1.84 bits per heavy atom. The summed E-state index contributed by atoms with van der Waals surface area (Å²) in [5, 5.41) is 11.9. The number of Topliss-reactive ketones (excluding diaryl/α,β-unsaturated/α-hetero) is 1. The third-order valence-corrected chi connectivity index (χ3v) is 7.66. The number of likely N-dealkylation sites (tertiary alicyclic amines) is 2.